The molecule has 1 aliphatic heterocycles. The van der Waals surface area contributed by atoms with Crippen molar-refractivity contribution in [2.24, 2.45) is 0 Å². The number of imide groups is 1. The van der Waals surface area contributed by atoms with E-state index in [9.17, 15) is 14.4 Å². The highest BCUT2D eigenvalue weighted by molar-refractivity contribution is 9.10. The molecule has 1 aromatic carbocycles. The van der Waals surface area contributed by atoms with Crippen molar-refractivity contribution in [3.63, 3.8) is 0 Å². The van der Waals surface area contributed by atoms with Gasteiger partial charge >= 0.3 is 0 Å². The fraction of sp³-hybridized carbons (Fsp3) is 0.286. The Labute approximate surface area is 133 Å². The number of piperidine rings is 1. The molecule has 1 fully saturated rings. The molecule has 3 N–H and O–H groups in total. The number of fused-ring (bicyclic) bond motifs is 1. The smallest absolute Gasteiger partial charge is 0.264 e. The van der Waals surface area contributed by atoms with Gasteiger partial charge in [-0.2, -0.15) is 0 Å². The summed E-state index contributed by atoms with van der Waals surface area (Å²) in [6, 6.07) is 2.58. The molecule has 0 unspecified atom stereocenters. The van der Waals surface area contributed by atoms with E-state index < -0.39 is 11.9 Å². The van der Waals surface area contributed by atoms with Crippen LogP contribution in [0.2, 0.25) is 0 Å². The number of halogens is 1. The van der Waals surface area contributed by atoms with E-state index in [1.54, 1.807) is 19.1 Å². The molecular weight excluding hydrogens is 352 g/mol. The van der Waals surface area contributed by atoms with Crippen molar-refractivity contribution in [1.82, 2.24) is 14.9 Å². The van der Waals surface area contributed by atoms with Crippen LogP contribution in [0.25, 0.3) is 10.9 Å². The van der Waals surface area contributed by atoms with Gasteiger partial charge in [-0.15, -0.1) is 0 Å². The Kier molecular flexibility index (Phi) is 3.48. The average Bonchev–Trinajstić information content (AvgIpc) is 2.39. The molecule has 114 valence electrons. The standard InChI is InChI=1S/C14H13BrN4O3/c1-6-17-9-5-7(15)4-8(16)12(9)14(22)19(6)10-2-3-11(20)18-13(10)21/h4-5,10H,2-3,16H2,1H3,(H,18,20,21)/t10-/m1/s1. The first-order valence-electron chi connectivity index (χ1n) is 6.70. The number of aromatic nitrogens is 2. The molecule has 1 atom stereocenters. The van der Waals surface area contributed by atoms with Crippen LogP contribution in [0.4, 0.5) is 5.69 Å². The highest BCUT2D eigenvalue weighted by atomic mass is 79.9. The van der Waals surface area contributed by atoms with Gasteiger partial charge in [0.25, 0.3) is 5.56 Å². The van der Waals surface area contributed by atoms with Crippen molar-refractivity contribution < 1.29 is 9.59 Å². The number of hydrogen-bond acceptors (Lipinski definition) is 5. The van der Waals surface area contributed by atoms with E-state index in [0.29, 0.717) is 17.0 Å². The minimum atomic E-state index is -0.745. The van der Waals surface area contributed by atoms with Crippen molar-refractivity contribution >= 4 is 44.3 Å². The first-order valence-corrected chi connectivity index (χ1v) is 7.49. The summed E-state index contributed by atoms with van der Waals surface area (Å²) >= 11 is 3.31. The van der Waals surface area contributed by atoms with Crippen LogP contribution >= 0.6 is 15.9 Å². The molecule has 0 bridgehead atoms. The van der Waals surface area contributed by atoms with Gasteiger partial charge in [0.1, 0.15) is 11.9 Å². The van der Waals surface area contributed by atoms with Crippen LogP contribution in [-0.4, -0.2) is 21.4 Å². The minimum absolute atomic E-state index is 0.191. The number of anilines is 1. The Hall–Kier alpha value is -2.22. The highest BCUT2D eigenvalue weighted by Gasteiger charge is 2.30. The van der Waals surface area contributed by atoms with E-state index in [2.05, 4.69) is 26.2 Å². The Bertz CT molecular complexity index is 874. The predicted molar refractivity (Wildman–Crippen MR) is 84.3 cm³/mol. The predicted octanol–water partition coefficient (Wildman–Crippen LogP) is 1.03. The fourth-order valence-corrected chi connectivity index (χ4v) is 3.19. The number of nitrogens with two attached hydrogens (primary N) is 1. The molecular formula is C14H13BrN4O3. The summed E-state index contributed by atoms with van der Waals surface area (Å²) in [6.07, 6.45) is 0.463. The van der Waals surface area contributed by atoms with E-state index >= 15 is 0 Å². The number of aryl methyl sites for hydroxylation is 1. The third-order valence-corrected chi connectivity index (χ3v) is 4.16. The zero-order valence-electron chi connectivity index (χ0n) is 11.7. The molecule has 0 aliphatic carbocycles. The molecule has 2 heterocycles. The summed E-state index contributed by atoms with van der Waals surface area (Å²) in [5, 5.41) is 2.53. The molecule has 0 radical (unpaired) electrons. The van der Waals surface area contributed by atoms with Gasteiger partial charge in [0.15, 0.2) is 0 Å². The lowest BCUT2D eigenvalue weighted by atomic mass is 10.1. The third kappa shape index (κ3) is 2.29. The SMILES string of the molecule is Cc1nc2cc(Br)cc(N)c2c(=O)n1[C@@H]1CCC(=O)NC1=O. The lowest BCUT2D eigenvalue weighted by Gasteiger charge is -2.24. The van der Waals surface area contributed by atoms with E-state index in [4.69, 9.17) is 5.73 Å². The van der Waals surface area contributed by atoms with Gasteiger partial charge in [0.05, 0.1) is 10.9 Å². The molecule has 2 aromatic rings. The molecule has 0 saturated carbocycles. The number of hydrogen-bond donors (Lipinski definition) is 2. The molecule has 1 saturated heterocycles. The van der Waals surface area contributed by atoms with Gasteiger partial charge < -0.3 is 5.73 Å². The Morgan fingerprint density at radius 2 is 2.09 bits per heavy atom. The number of rotatable bonds is 1. The Morgan fingerprint density at radius 3 is 2.77 bits per heavy atom. The minimum Gasteiger partial charge on any atom is -0.398 e. The largest absolute Gasteiger partial charge is 0.398 e. The maximum Gasteiger partial charge on any atom is 0.264 e. The van der Waals surface area contributed by atoms with Crippen molar-refractivity contribution in [2.45, 2.75) is 25.8 Å². The van der Waals surface area contributed by atoms with Crippen molar-refractivity contribution in [1.29, 1.82) is 0 Å². The number of nitrogen functional groups attached to an aromatic ring is 1. The van der Waals surface area contributed by atoms with Crippen LogP contribution < -0.4 is 16.6 Å². The van der Waals surface area contributed by atoms with Crippen LogP contribution in [0.3, 0.4) is 0 Å². The van der Waals surface area contributed by atoms with E-state index in [1.165, 1.54) is 4.57 Å². The second kappa shape index (κ2) is 5.20. The monoisotopic (exact) mass is 364 g/mol. The topological polar surface area (TPSA) is 107 Å². The first kappa shape index (κ1) is 14.7. The van der Waals surface area contributed by atoms with Gasteiger partial charge in [-0.1, -0.05) is 15.9 Å². The third-order valence-electron chi connectivity index (χ3n) is 3.70. The number of carbonyl (C=O) groups is 2. The lowest BCUT2D eigenvalue weighted by Crippen LogP contribution is -2.45. The molecule has 1 aliphatic rings. The maximum absolute atomic E-state index is 12.8. The van der Waals surface area contributed by atoms with Gasteiger partial charge in [-0.25, -0.2) is 4.98 Å². The zero-order chi connectivity index (χ0) is 16.0. The van der Waals surface area contributed by atoms with Crippen molar-refractivity contribution in [2.75, 3.05) is 5.73 Å². The molecule has 2 amide bonds. The van der Waals surface area contributed by atoms with Gasteiger partial charge in [0.2, 0.25) is 11.8 Å². The quantitative estimate of drug-likeness (QED) is 0.580. The first-order chi connectivity index (χ1) is 10.4. The normalized spacial score (nSPS) is 18.5. The second-order valence-corrected chi connectivity index (χ2v) is 6.11. The molecule has 22 heavy (non-hydrogen) atoms. The summed E-state index contributed by atoms with van der Waals surface area (Å²) in [4.78, 5) is 40.4. The van der Waals surface area contributed by atoms with E-state index in [1.807, 2.05) is 0 Å². The van der Waals surface area contributed by atoms with Crippen LogP contribution in [0.1, 0.15) is 24.7 Å². The number of nitrogens with one attached hydrogen (secondary N) is 1. The zero-order valence-corrected chi connectivity index (χ0v) is 13.3. The Balaban J connectivity index is 2.25. The van der Waals surface area contributed by atoms with Crippen molar-refractivity contribution in [3.05, 3.63) is 32.8 Å². The Morgan fingerprint density at radius 1 is 1.36 bits per heavy atom. The van der Waals surface area contributed by atoms with E-state index in [-0.39, 0.29) is 29.7 Å². The second-order valence-electron chi connectivity index (χ2n) is 5.19. The number of nitrogens with zero attached hydrogens (tertiary/aromatic N) is 2. The molecule has 7 nitrogen and oxygen atoms in total. The van der Waals surface area contributed by atoms with Gasteiger partial charge in [-0.05, 0) is 25.5 Å². The lowest BCUT2D eigenvalue weighted by molar-refractivity contribution is -0.135. The number of amides is 2. The van der Waals surface area contributed by atoms with Gasteiger partial charge in [0, 0.05) is 16.6 Å². The van der Waals surface area contributed by atoms with Crippen LogP contribution in [-0.2, 0) is 9.59 Å². The molecule has 0 spiro atoms. The number of benzene rings is 1. The number of carbonyl (C=O) groups excluding carboxylic acids is 2. The summed E-state index contributed by atoms with van der Waals surface area (Å²) in [5.41, 5.74) is 6.32. The molecule has 1 aromatic heterocycles. The van der Waals surface area contributed by atoms with Crippen molar-refractivity contribution in [3.8, 4) is 0 Å². The van der Waals surface area contributed by atoms with Crippen LogP contribution in [0, 0.1) is 6.92 Å². The molecule has 3 rings (SSSR count). The summed E-state index contributed by atoms with van der Waals surface area (Å²) < 4.78 is 2.04. The van der Waals surface area contributed by atoms with E-state index in [0.717, 1.165) is 4.47 Å². The summed E-state index contributed by atoms with van der Waals surface area (Å²) in [6.45, 7) is 1.65. The van der Waals surface area contributed by atoms with Crippen LogP contribution in [0.15, 0.2) is 21.4 Å². The maximum atomic E-state index is 12.8. The molecule has 8 heteroatoms. The van der Waals surface area contributed by atoms with Crippen LogP contribution in [0.5, 0.6) is 0 Å². The summed E-state index contributed by atoms with van der Waals surface area (Å²) in [7, 11) is 0. The fourth-order valence-electron chi connectivity index (χ4n) is 2.73. The summed E-state index contributed by atoms with van der Waals surface area (Å²) in [5.74, 6) is -0.410. The average molecular weight is 365 g/mol. The highest BCUT2D eigenvalue weighted by Crippen LogP contribution is 2.25. The van der Waals surface area contributed by atoms with Gasteiger partial charge in [-0.3, -0.25) is 24.3 Å².